The fourth-order valence-corrected chi connectivity index (χ4v) is 3.41. The predicted molar refractivity (Wildman–Crippen MR) is 118 cm³/mol. The van der Waals surface area contributed by atoms with Crippen LogP contribution in [0.25, 0.3) is 5.69 Å². The molecule has 0 atom stereocenters. The minimum Gasteiger partial charge on any atom is -0.332 e. The highest BCUT2D eigenvalue weighted by Gasteiger charge is 2.21. The molecule has 0 aliphatic carbocycles. The molecule has 1 N–H and O–H groups in total. The van der Waals surface area contributed by atoms with Crippen molar-refractivity contribution in [3.05, 3.63) is 75.5 Å². The lowest BCUT2D eigenvalue weighted by Gasteiger charge is -2.18. The minimum absolute atomic E-state index is 0.0461. The van der Waals surface area contributed by atoms with Gasteiger partial charge in [0.1, 0.15) is 0 Å². The molecule has 0 saturated heterocycles. The van der Waals surface area contributed by atoms with Gasteiger partial charge in [0, 0.05) is 17.2 Å². The smallest absolute Gasteiger partial charge is 0.257 e. The average molecular weight is 455 g/mol. The second-order valence-corrected chi connectivity index (χ2v) is 7.92. The van der Waals surface area contributed by atoms with E-state index in [2.05, 4.69) is 26.3 Å². The molecule has 0 fully saturated rings. The van der Waals surface area contributed by atoms with Gasteiger partial charge >= 0.3 is 0 Å². The highest BCUT2D eigenvalue weighted by atomic mass is 79.9. The van der Waals surface area contributed by atoms with Gasteiger partial charge < -0.3 is 10.2 Å². The number of nitrogens with one attached hydrogen (secondary N) is 1. The van der Waals surface area contributed by atoms with Gasteiger partial charge in [0.2, 0.25) is 5.91 Å². The van der Waals surface area contributed by atoms with Crippen LogP contribution in [0.1, 0.15) is 27.2 Å². The van der Waals surface area contributed by atoms with E-state index >= 15 is 0 Å². The summed E-state index contributed by atoms with van der Waals surface area (Å²) >= 11 is 3.41. The Bertz CT molecular complexity index is 1040. The van der Waals surface area contributed by atoms with Crippen molar-refractivity contribution in [2.24, 2.45) is 0 Å². The molecule has 0 radical (unpaired) electrons. The molecule has 3 rings (SSSR count). The standard InChI is InChI=1S/C22H23BrN4O2/c1-14-6-5-7-15(2)21(14)25-20(28)13-26(4)22(29)19-12-24-27(16(19)3)18-10-8-17(23)9-11-18/h5-12H,13H2,1-4H3,(H,25,28). The first-order chi connectivity index (χ1) is 13.8. The van der Waals surface area contributed by atoms with Crippen molar-refractivity contribution in [2.75, 3.05) is 18.9 Å². The molecule has 2 amide bonds. The maximum Gasteiger partial charge on any atom is 0.257 e. The van der Waals surface area contributed by atoms with Crippen molar-refractivity contribution < 1.29 is 9.59 Å². The Hall–Kier alpha value is -2.93. The number of benzene rings is 2. The van der Waals surface area contributed by atoms with Crippen molar-refractivity contribution in [1.29, 1.82) is 0 Å². The molecule has 0 saturated carbocycles. The molecular weight excluding hydrogens is 432 g/mol. The molecule has 0 bridgehead atoms. The number of nitrogens with zero attached hydrogens (tertiary/aromatic N) is 3. The Morgan fingerprint density at radius 1 is 1.07 bits per heavy atom. The zero-order valence-electron chi connectivity index (χ0n) is 16.9. The van der Waals surface area contributed by atoms with E-state index in [9.17, 15) is 9.59 Å². The number of carbonyl (C=O) groups excluding carboxylic acids is 2. The Kier molecular flexibility index (Phi) is 6.17. The van der Waals surface area contributed by atoms with Gasteiger partial charge in [0.15, 0.2) is 0 Å². The first-order valence-corrected chi connectivity index (χ1v) is 9.99. The molecule has 0 aliphatic heterocycles. The van der Waals surface area contributed by atoms with E-state index in [4.69, 9.17) is 0 Å². The number of hydrogen-bond acceptors (Lipinski definition) is 3. The Morgan fingerprint density at radius 3 is 2.31 bits per heavy atom. The van der Waals surface area contributed by atoms with Crippen LogP contribution in [0, 0.1) is 20.8 Å². The quantitative estimate of drug-likeness (QED) is 0.625. The summed E-state index contributed by atoms with van der Waals surface area (Å²) in [6.45, 7) is 5.68. The molecule has 1 heterocycles. The summed E-state index contributed by atoms with van der Waals surface area (Å²) in [7, 11) is 1.61. The van der Waals surface area contributed by atoms with Gasteiger partial charge in [-0.3, -0.25) is 9.59 Å². The van der Waals surface area contributed by atoms with Crippen LogP contribution in [-0.2, 0) is 4.79 Å². The van der Waals surface area contributed by atoms with Gasteiger partial charge in [-0.1, -0.05) is 34.1 Å². The molecule has 3 aromatic rings. The first kappa shape index (κ1) is 20.8. The second-order valence-electron chi connectivity index (χ2n) is 7.01. The number of halogens is 1. The van der Waals surface area contributed by atoms with Gasteiger partial charge in [0.05, 0.1) is 29.7 Å². The molecule has 0 unspecified atom stereocenters. The van der Waals surface area contributed by atoms with Crippen molar-refractivity contribution in [1.82, 2.24) is 14.7 Å². The van der Waals surface area contributed by atoms with Crippen LogP contribution in [-0.4, -0.2) is 40.1 Å². The van der Waals surface area contributed by atoms with E-state index in [0.29, 0.717) is 5.56 Å². The lowest BCUT2D eigenvalue weighted by Crippen LogP contribution is -2.35. The summed E-state index contributed by atoms with van der Waals surface area (Å²) in [6, 6.07) is 13.5. The van der Waals surface area contributed by atoms with Crippen LogP contribution in [0.3, 0.4) is 0 Å². The lowest BCUT2D eigenvalue weighted by molar-refractivity contribution is -0.116. The van der Waals surface area contributed by atoms with Crippen molar-refractivity contribution in [3.63, 3.8) is 0 Å². The van der Waals surface area contributed by atoms with Crippen LogP contribution in [0.4, 0.5) is 5.69 Å². The van der Waals surface area contributed by atoms with E-state index in [1.165, 1.54) is 4.90 Å². The monoisotopic (exact) mass is 454 g/mol. The Balaban J connectivity index is 1.72. The molecule has 0 spiro atoms. The number of para-hydroxylation sites is 1. The predicted octanol–water partition coefficient (Wildman–Crippen LogP) is 4.27. The lowest BCUT2D eigenvalue weighted by atomic mass is 10.1. The Labute approximate surface area is 178 Å². The highest BCUT2D eigenvalue weighted by molar-refractivity contribution is 9.10. The number of aromatic nitrogens is 2. The molecule has 6 nitrogen and oxygen atoms in total. The summed E-state index contributed by atoms with van der Waals surface area (Å²) in [5.74, 6) is -0.487. The van der Waals surface area contributed by atoms with Crippen LogP contribution < -0.4 is 5.32 Å². The third-order valence-electron chi connectivity index (χ3n) is 4.78. The molecule has 150 valence electrons. The van der Waals surface area contributed by atoms with Crippen molar-refractivity contribution >= 4 is 33.4 Å². The summed E-state index contributed by atoms with van der Waals surface area (Å²) in [4.78, 5) is 26.7. The van der Waals surface area contributed by atoms with Gasteiger partial charge in [-0.15, -0.1) is 0 Å². The maximum atomic E-state index is 12.9. The van der Waals surface area contributed by atoms with Gasteiger partial charge in [-0.25, -0.2) is 4.68 Å². The molecule has 29 heavy (non-hydrogen) atoms. The average Bonchev–Trinajstić information content (AvgIpc) is 3.06. The maximum absolute atomic E-state index is 12.9. The van der Waals surface area contributed by atoms with E-state index in [1.54, 1.807) is 17.9 Å². The Morgan fingerprint density at radius 2 is 1.69 bits per heavy atom. The summed E-state index contributed by atoms with van der Waals surface area (Å²) in [6.07, 6.45) is 1.54. The SMILES string of the molecule is Cc1cccc(C)c1NC(=O)CN(C)C(=O)c1cnn(-c2ccc(Br)cc2)c1C. The van der Waals surface area contributed by atoms with Gasteiger partial charge in [0.25, 0.3) is 5.91 Å². The summed E-state index contributed by atoms with van der Waals surface area (Å²) in [5.41, 5.74) is 4.81. The topological polar surface area (TPSA) is 67.2 Å². The van der Waals surface area contributed by atoms with E-state index in [0.717, 1.165) is 32.7 Å². The minimum atomic E-state index is -0.248. The fraction of sp³-hybridized carbons (Fsp3) is 0.227. The largest absolute Gasteiger partial charge is 0.332 e. The third kappa shape index (κ3) is 4.56. The van der Waals surface area contributed by atoms with Crippen molar-refractivity contribution in [2.45, 2.75) is 20.8 Å². The number of rotatable bonds is 5. The summed E-state index contributed by atoms with van der Waals surface area (Å²) < 4.78 is 2.68. The third-order valence-corrected chi connectivity index (χ3v) is 5.31. The molecule has 0 aliphatic rings. The number of carbonyl (C=O) groups is 2. The fourth-order valence-electron chi connectivity index (χ4n) is 3.15. The van der Waals surface area contributed by atoms with Crippen LogP contribution in [0.5, 0.6) is 0 Å². The number of hydrogen-bond donors (Lipinski definition) is 1. The molecule has 1 aromatic heterocycles. The number of aryl methyl sites for hydroxylation is 2. The van der Waals surface area contributed by atoms with E-state index < -0.39 is 0 Å². The number of likely N-dealkylation sites (N-methyl/N-ethyl adjacent to an activating group) is 1. The van der Waals surface area contributed by atoms with Crippen LogP contribution in [0.2, 0.25) is 0 Å². The van der Waals surface area contributed by atoms with Gasteiger partial charge in [-0.05, 0) is 56.2 Å². The normalized spacial score (nSPS) is 10.7. The first-order valence-electron chi connectivity index (χ1n) is 9.20. The zero-order chi connectivity index (χ0) is 21.1. The second kappa shape index (κ2) is 8.61. The molecule has 2 aromatic carbocycles. The van der Waals surface area contributed by atoms with Crippen LogP contribution >= 0.6 is 15.9 Å². The summed E-state index contributed by atoms with van der Waals surface area (Å²) in [5, 5.41) is 7.25. The van der Waals surface area contributed by atoms with E-state index in [1.807, 2.05) is 63.2 Å². The molecular formula is C22H23BrN4O2. The van der Waals surface area contributed by atoms with Crippen LogP contribution in [0.15, 0.2) is 53.1 Å². The van der Waals surface area contributed by atoms with Crippen molar-refractivity contribution in [3.8, 4) is 5.69 Å². The highest BCUT2D eigenvalue weighted by Crippen LogP contribution is 2.20. The van der Waals surface area contributed by atoms with E-state index in [-0.39, 0.29) is 18.4 Å². The van der Waals surface area contributed by atoms with Gasteiger partial charge in [-0.2, -0.15) is 5.10 Å². The molecule has 7 heteroatoms. The number of amides is 2. The zero-order valence-corrected chi connectivity index (χ0v) is 18.4. The number of anilines is 1.